The molecule has 0 saturated carbocycles. The largest absolute Gasteiger partial charge is 0.304 e. The Balaban J connectivity index is 1.44. The minimum Gasteiger partial charge on any atom is -0.304 e. The Bertz CT molecular complexity index is 1630. The monoisotopic (exact) mass is 514 g/mol. The van der Waals surface area contributed by atoms with E-state index in [0.717, 1.165) is 44.4 Å². The number of piperidine rings is 1. The molecule has 1 aromatic carbocycles. The van der Waals surface area contributed by atoms with Crippen LogP contribution in [0, 0.1) is 6.92 Å². The lowest BCUT2D eigenvalue weighted by atomic mass is 9.74. The molecule has 0 radical (unpaired) electrons. The van der Waals surface area contributed by atoms with Gasteiger partial charge in [0.2, 0.25) is 15.9 Å². The van der Waals surface area contributed by atoms with E-state index in [1.165, 1.54) is 10.6 Å². The highest BCUT2D eigenvalue weighted by Crippen LogP contribution is 2.48. The Hall–Kier alpha value is -3.76. The number of carbonyl (C=O) groups excluding carboxylic acids is 1. The lowest BCUT2D eigenvalue weighted by molar-refractivity contribution is -0.124. The molecular weight excluding hydrogens is 488 g/mol. The molecule has 4 aromatic rings. The molecule has 1 spiro atoms. The van der Waals surface area contributed by atoms with E-state index in [-0.39, 0.29) is 12.5 Å². The second kappa shape index (κ2) is 8.67. The van der Waals surface area contributed by atoms with Crippen LogP contribution in [0.3, 0.4) is 0 Å². The number of benzene rings is 1. The maximum absolute atomic E-state index is 14.1. The average molecular weight is 515 g/mol. The molecule has 0 unspecified atom stereocenters. The molecule has 5 heterocycles. The first kappa shape index (κ1) is 23.6. The number of pyridine rings is 2. The minimum absolute atomic E-state index is 0.0340. The van der Waals surface area contributed by atoms with Crippen molar-refractivity contribution in [2.45, 2.75) is 31.7 Å². The van der Waals surface area contributed by atoms with Crippen LogP contribution in [-0.4, -0.2) is 58.1 Å². The van der Waals surface area contributed by atoms with Gasteiger partial charge < -0.3 is 4.90 Å². The van der Waals surface area contributed by atoms with Gasteiger partial charge in [-0.15, -0.1) is 0 Å². The van der Waals surface area contributed by atoms with Crippen molar-refractivity contribution in [2.24, 2.45) is 0 Å². The van der Waals surface area contributed by atoms with Gasteiger partial charge in [0.1, 0.15) is 0 Å². The number of sulfonamides is 1. The molecule has 2 aliphatic heterocycles. The maximum atomic E-state index is 14.1. The summed E-state index contributed by atoms with van der Waals surface area (Å²) in [7, 11) is -3.31. The van der Waals surface area contributed by atoms with Gasteiger partial charge in [-0.2, -0.15) is 10.2 Å². The summed E-state index contributed by atoms with van der Waals surface area (Å²) in [4.78, 5) is 25.0. The number of rotatable bonds is 4. The van der Waals surface area contributed by atoms with Gasteiger partial charge in [0.15, 0.2) is 0 Å². The lowest BCUT2D eigenvalue weighted by Gasteiger charge is -2.37. The van der Waals surface area contributed by atoms with Gasteiger partial charge in [0.05, 0.1) is 48.2 Å². The fraction of sp³-hybridized carbons (Fsp3) is 0.296. The van der Waals surface area contributed by atoms with Gasteiger partial charge >= 0.3 is 0 Å². The molecule has 0 atom stereocenters. The van der Waals surface area contributed by atoms with E-state index in [4.69, 9.17) is 4.98 Å². The van der Waals surface area contributed by atoms with E-state index in [0.29, 0.717) is 25.9 Å². The molecule has 37 heavy (non-hydrogen) atoms. The molecule has 0 aliphatic carbocycles. The molecular formula is C27H26N6O3S. The Morgan fingerprint density at radius 1 is 1.00 bits per heavy atom. The Kier molecular flexibility index (Phi) is 5.54. The van der Waals surface area contributed by atoms with Gasteiger partial charge in [-0.25, -0.2) is 12.7 Å². The number of hydrogen-bond acceptors (Lipinski definition) is 7. The molecule has 3 aromatic heterocycles. The zero-order valence-electron chi connectivity index (χ0n) is 20.6. The van der Waals surface area contributed by atoms with E-state index in [2.05, 4.69) is 33.4 Å². The standard InChI is InChI=1S/C27H26N6O3S/c1-18-3-4-21-20(13-18)14-29-23(25(21)19-5-10-30-31-15-19)17-33-24-16-28-9-6-22(24)27(26(33)34)7-11-32(12-8-27)37(2,35)36/h3-6,9-10,13-16H,7-8,11-12,17H2,1-2H3. The summed E-state index contributed by atoms with van der Waals surface area (Å²) < 4.78 is 25.7. The molecule has 6 rings (SSSR count). The molecule has 0 N–H and O–H groups in total. The molecule has 2 aliphatic rings. The second-order valence-electron chi connectivity index (χ2n) is 9.83. The highest BCUT2D eigenvalue weighted by Gasteiger charge is 2.53. The van der Waals surface area contributed by atoms with E-state index in [1.54, 1.807) is 29.7 Å². The summed E-state index contributed by atoms with van der Waals surface area (Å²) in [6.07, 6.45) is 10.7. The van der Waals surface area contributed by atoms with Crippen LogP contribution in [0.15, 0.2) is 61.3 Å². The van der Waals surface area contributed by atoms with E-state index >= 15 is 0 Å². The smallest absolute Gasteiger partial charge is 0.238 e. The fourth-order valence-electron chi connectivity index (χ4n) is 5.74. The van der Waals surface area contributed by atoms with Crippen molar-refractivity contribution >= 4 is 32.4 Å². The number of anilines is 1. The third-order valence-electron chi connectivity index (χ3n) is 7.61. The number of nitrogens with zero attached hydrogens (tertiary/aromatic N) is 6. The summed E-state index contributed by atoms with van der Waals surface area (Å²) in [6, 6.07) is 10.0. The molecule has 9 nitrogen and oxygen atoms in total. The Morgan fingerprint density at radius 3 is 2.54 bits per heavy atom. The highest BCUT2D eigenvalue weighted by atomic mass is 32.2. The summed E-state index contributed by atoms with van der Waals surface area (Å²) in [5.74, 6) is -0.0340. The molecule has 10 heteroatoms. The number of fused-ring (bicyclic) bond motifs is 3. The summed E-state index contributed by atoms with van der Waals surface area (Å²) >= 11 is 0. The second-order valence-corrected chi connectivity index (χ2v) is 11.8. The van der Waals surface area contributed by atoms with Crippen LogP contribution in [0.1, 0.15) is 29.7 Å². The van der Waals surface area contributed by atoms with Crippen molar-refractivity contribution in [1.82, 2.24) is 24.5 Å². The number of amides is 1. The predicted octanol–water partition coefficient (Wildman–Crippen LogP) is 3.24. The highest BCUT2D eigenvalue weighted by molar-refractivity contribution is 7.88. The Labute approximate surface area is 215 Å². The number of aryl methyl sites for hydroxylation is 1. The van der Waals surface area contributed by atoms with Crippen molar-refractivity contribution in [3.8, 4) is 11.1 Å². The fourth-order valence-corrected chi connectivity index (χ4v) is 6.59. The van der Waals surface area contributed by atoms with Gasteiger partial charge in [-0.05, 0) is 48.9 Å². The van der Waals surface area contributed by atoms with Gasteiger partial charge in [-0.3, -0.25) is 14.8 Å². The SMILES string of the molecule is Cc1ccc2c(-c3ccnnc3)c(CN3C(=O)C4(CCN(S(C)(=O)=O)CC4)c4ccncc43)ncc2c1. The van der Waals surface area contributed by atoms with Crippen LogP contribution >= 0.6 is 0 Å². The maximum Gasteiger partial charge on any atom is 0.238 e. The van der Waals surface area contributed by atoms with Crippen LogP contribution in [0.25, 0.3) is 21.9 Å². The van der Waals surface area contributed by atoms with Crippen LogP contribution in [0.2, 0.25) is 0 Å². The van der Waals surface area contributed by atoms with Gasteiger partial charge in [0, 0.05) is 42.0 Å². The van der Waals surface area contributed by atoms with Gasteiger partial charge in [-0.1, -0.05) is 17.7 Å². The third-order valence-corrected chi connectivity index (χ3v) is 8.91. The summed E-state index contributed by atoms with van der Waals surface area (Å²) in [5.41, 5.74) is 4.57. The molecule has 1 saturated heterocycles. The Morgan fingerprint density at radius 2 is 1.81 bits per heavy atom. The number of hydrogen-bond donors (Lipinski definition) is 0. The first-order valence-corrected chi connectivity index (χ1v) is 14.0. The van der Waals surface area contributed by atoms with Gasteiger partial charge in [0.25, 0.3) is 0 Å². The van der Waals surface area contributed by atoms with Crippen LogP contribution in [0.5, 0.6) is 0 Å². The quantitative estimate of drug-likeness (QED) is 0.411. The van der Waals surface area contributed by atoms with Crippen LogP contribution in [0.4, 0.5) is 5.69 Å². The average Bonchev–Trinajstić information content (AvgIpc) is 3.11. The molecule has 188 valence electrons. The van der Waals surface area contributed by atoms with E-state index in [1.807, 2.05) is 25.3 Å². The van der Waals surface area contributed by atoms with E-state index < -0.39 is 15.4 Å². The number of aromatic nitrogens is 4. The zero-order chi connectivity index (χ0) is 25.8. The van der Waals surface area contributed by atoms with Crippen LogP contribution in [-0.2, 0) is 26.8 Å². The predicted molar refractivity (Wildman–Crippen MR) is 140 cm³/mol. The molecule has 0 bridgehead atoms. The first-order chi connectivity index (χ1) is 17.8. The minimum atomic E-state index is -3.31. The number of carbonyl (C=O) groups is 1. The van der Waals surface area contributed by atoms with Crippen molar-refractivity contribution in [3.63, 3.8) is 0 Å². The summed E-state index contributed by atoms with van der Waals surface area (Å²) in [5, 5.41) is 10.0. The summed E-state index contributed by atoms with van der Waals surface area (Å²) in [6.45, 7) is 2.92. The lowest BCUT2D eigenvalue weighted by Crippen LogP contribution is -2.49. The third kappa shape index (κ3) is 3.87. The van der Waals surface area contributed by atoms with E-state index in [9.17, 15) is 13.2 Å². The van der Waals surface area contributed by atoms with Crippen molar-refractivity contribution in [3.05, 3.63) is 78.1 Å². The van der Waals surface area contributed by atoms with Crippen molar-refractivity contribution in [1.29, 1.82) is 0 Å². The van der Waals surface area contributed by atoms with Crippen molar-refractivity contribution < 1.29 is 13.2 Å². The zero-order valence-corrected chi connectivity index (χ0v) is 21.4. The van der Waals surface area contributed by atoms with Crippen LogP contribution < -0.4 is 4.90 Å². The molecule has 1 amide bonds. The van der Waals surface area contributed by atoms with Crippen molar-refractivity contribution in [2.75, 3.05) is 24.2 Å². The first-order valence-electron chi connectivity index (χ1n) is 12.1. The normalized spacial score (nSPS) is 17.5. The topological polar surface area (TPSA) is 109 Å². The molecule has 1 fully saturated rings.